The first kappa shape index (κ1) is 20.5. The smallest absolute Gasteiger partial charge is 0.324 e. The Morgan fingerprint density at radius 3 is 2.58 bits per heavy atom. The van der Waals surface area contributed by atoms with E-state index in [0.29, 0.717) is 30.6 Å². The van der Waals surface area contributed by atoms with E-state index in [2.05, 4.69) is 20.9 Å². The molecule has 3 N–H and O–H groups in total. The number of halogens is 2. The van der Waals surface area contributed by atoms with Crippen LogP contribution < -0.4 is 16.0 Å². The SMILES string of the molecule is CCNC(=NCc1ccc(Cl)cc1)NCCN1C(=O)CNC1=O.I. The van der Waals surface area contributed by atoms with Crippen molar-refractivity contribution in [1.29, 1.82) is 0 Å². The van der Waals surface area contributed by atoms with Gasteiger partial charge in [-0.2, -0.15) is 0 Å². The number of imide groups is 1. The average Bonchev–Trinajstić information content (AvgIpc) is 2.86. The minimum Gasteiger partial charge on any atom is -0.357 e. The molecular weight excluding hydrogens is 445 g/mol. The second-order valence-electron chi connectivity index (χ2n) is 4.95. The summed E-state index contributed by atoms with van der Waals surface area (Å²) in [5, 5.41) is 9.41. The largest absolute Gasteiger partial charge is 0.357 e. The summed E-state index contributed by atoms with van der Waals surface area (Å²) in [6.07, 6.45) is 0. The van der Waals surface area contributed by atoms with Crippen molar-refractivity contribution in [2.75, 3.05) is 26.2 Å². The van der Waals surface area contributed by atoms with Gasteiger partial charge in [0.2, 0.25) is 5.91 Å². The molecule has 1 aliphatic heterocycles. The highest BCUT2D eigenvalue weighted by Gasteiger charge is 2.27. The maximum atomic E-state index is 11.5. The summed E-state index contributed by atoms with van der Waals surface area (Å²) in [6, 6.07) is 7.14. The minimum absolute atomic E-state index is 0. The van der Waals surface area contributed by atoms with Gasteiger partial charge in [0.1, 0.15) is 0 Å². The van der Waals surface area contributed by atoms with Gasteiger partial charge in [-0.1, -0.05) is 23.7 Å². The maximum Gasteiger partial charge on any atom is 0.324 e. The van der Waals surface area contributed by atoms with Crippen molar-refractivity contribution in [2.24, 2.45) is 4.99 Å². The number of carbonyl (C=O) groups excluding carboxylic acids is 2. The predicted octanol–water partition coefficient (Wildman–Crippen LogP) is 1.56. The van der Waals surface area contributed by atoms with Gasteiger partial charge in [0.05, 0.1) is 13.1 Å². The van der Waals surface area contributed by atoms with Crippen LogP contribution in [0.25, 0.3) is 0 Å². The van der Waals surface area contributed by atoms with Gasteiger partial charge < -0.3 is 16.0 Å². The Bertz CT molecular complexity index is 578. The highest BCUT2D eigenvalue weighted by molar-refractivity contribution is 14.0. The number of benzene rings is 1. The van der Waals surface area contributed by atoms with E-state index in [1.54, 1.807) is 0 Å². The number of amides is 3. The summed E-state index contributed by atoms with van der Waals surface area (Å²) < 4.78 is 0. The monoisotopic (exact) mass is 465 g/mol. The highest BCUT2D eigenvalue weighted by Crippen LogP contribution is 2.10. The number of hydrogen-bond donors (Lipinski definition) is 3. The number of nitrogens with zero attached hydrogens (tertiary/aromatic N) is 2. The van der Waals surface area contributed by atoms with Gasteiger partial charge in [-0.05, 0) is 24.6 Å². The number of nitrogens with one attached hydrogen (secondary N) is 3. The van der Waals surface area contributed by atoms with E-state index in [4.69, 9.17) is 11.6 Å². The van der Waals surface area contributed by atoms with Crippen molar-refractivity contribution < 1.29 is 9.59 Å². The second kappa shape index (κ2) is 10.3. The molecule has 1 aliphatic rings. The van der Waals surface area contributed by atoms with Crippen LogP contribution in [0.15, 0.2) is 29.3 Å². The van der Waals surface area contributed by atoms with E-state index in [1.807, 2.05) is 31.2 Å². The first-order valence-corrected chi connectivity index (χ1v) is 7.82. The molecule has 132 valence electrons. The third kappa shape index (κ3) is 6.16. The van der Waals surface area contributed by atoms with E-state index < -0.39 is 0 Å². The van der Waals surface area contributed by atoms with E-state index in [-0.39, 0.29) is 42.5 Å². The number of guanidine groups is 1. The lowest BCUT2D eigenvalue weighted by Crippen LogP contribution is -2.43. The van der Waals surface area contributed by atoms with Gasteiger partial charge in [-0.15, -0.1) is 24.0 Å². The molecule has 9 heteroatoms. The molecule has 24 heavy (non-hydrogen) atoms. The van der Waals surface area contributed by atoms with Crippen LogP contribution in [0, 0.1) is 0 Å². The van der Waals surface area contributed by atoms with Crippen molar-refractivity contribution in [1.82, 2.24) is 20.9 Å². The number of urea groups is 1. The van der Waals surface area contributed by atoms with Gasteiger partial charge >= 0.3 is 6.03 Å². The van der Waals surface area contributed by atoms with Crippen LogP contribution in [0.4, 0.5) is 4.79 Å². The molecule has 0 aliphatic carbocycles. The topological polar surface area (TPSA) is 85.8 Å². The van der Waals surface area contributed by atoms with E-state index >= 15 is 0 Å². The zero-order chi connectivity index (χ0) is 16.7. The zero-order valence-electron chi connectivity index (χ0n) is 13.3. The first-order chi connectivity index (χ1) is 11.1. The summed E-state index contributed by atoms with van der Waals surface area (Å²) >= 11 is 5.85. The van der Waals surface area contributed by atoms with Crippen LogP contribution in [0.5, 0.6) is 0 Å². The molecular formula is C15H21ClIN5O2. The van der Waals surface area contributed by atoms with Crippen LogP contribution >= 0.6 is 35.6 Å². The van der Waals surface area contributed by atoms with Gasteiger partial charge in [-0.3, -0.25) is 9.69 Å². The standard InChI is InChI=1S/C15H20ClN5O2.HI/c1-2-17-14(19-9-11-3-5-12(16)6-4-11)18-7-8-21-13(22)10-20-15(21)23;/h3-6H,2,7-10H2,1H3,(H,20,23)(H2,17,18,19);1H. The predicted molar refractivity (Wildman–Crippen MR) is 105 cm³/mol. The van der Waals surface area contributed by atoms with Crippen molar-refractivity contribution in [2.45, 2.75) is 13.5 Å². The molecule has 0 aromatic heterocycles. The van der Waals surface area contributed by atoms with Gasteiger partial charge in [-0.25, -0.2) is 9.79 Å². The molecule has 0 unspecified atom stereocenters. The molecule has 1 aromatic rings. The average molecular weight is 466 g/mol. The Morgan fingerprint density at radius 1 is 1.29 bits per heavy atom. The van der Waals surface area contributed by atoms with Crippen molar-refractivity contribution in [3.05, 3.63) is 34.9 Å². The third-order valence-electron chi connectivity index (χ3n) is 3.24. The number of carbonyl (C=O) groups is 2. The van der Waals surface area contributed by atoms with Gasteiger partial charge in [0.25, 0.3) is 0 Å². The Morgan fingerprint density at radius 2 is 2.00 bits per heavy atom. The second-order valence-corrected chi connectivity index (χ2v) is 5.39. The molecule has 7 nitrogen and oxygen atoms in total. The summed E-state index contributed by atoms with van der Waals surface area (Å²) in [6.45, 7) is 4.01. The van der Waals surface area contributed by atoms with E-state index in [9.17, 15) is 9.59 Å². The highest BCUT2D eigenvalue weighted by atomic mass is 127. The van der Waals surface area contributed by atoms with Gasteiger partial charge in [0, 0.05) is 24.7 Å². The fourth-order valence-corrected chi connectivity index (χ4v) is 2.20. The molecule has 0 spiro atoms. The third-order valence-corrected chi connectivity index (χ3v) is 3.49. The first-order valence-electron chi connectivity index (χ1n) is 7.45. The molecule has 1 saturated heterocycles. The van der Waals surface area contributed by atoms with Gasteiger partial charge in [0.15, 0.2) is 5.96 Å². The fourth-order valence-electron chi connectivity index (χ4n) is 2.07. The van der Waals surface area contributed by atoms with Crippen LogP contribution in [-0.4, -0.2) is 49.0 Å². The zero-order valence-corrected chi connectivity index (χ0v) is 16.4. The quantitative estimate of drug-likeness (QED) is 0.258. The lowest BCUT2D eigenvalue weighted by molar-refractivity contribution is -0.124. The van der Waals surface area contributed by atoms with Crippen LogP contribution in [-0.2, 0) is 11.3 Å². The lowest BCUT2D eigenvalue weighted by Gasteiger charge is -2.15. The summed E-state index contributed by atoms with van der Waals surface area (Å²) in [7, 11) is 0. The van der Waals surface area contributed by atoms with E-state index in [1.165, 1.54) is 4.90 Å². The molecule has 2 rings (SSSR count). The fraction of sp³-hybridized carbons (Fsp3) is 0.400. The van der Waals surface area contributed by atoms with E-state index in [0.717, 1.165) is 12.1 Å². The Balaban J connectivity index is 0.00000288. The molecule has 1 heterocycles. The summed E-state index contributed by atoms with van der Waals surface area (Å²) in [5.74, 6) is 0.425. The minimum atomic E-state index is -0.347. The lowest BCUT2D eigenvalue weighted by atomic mass is 10.2. The Hall–Kier alpha value is -1.55. The Kier molecular flexibility index (Phi) is 8.83. The summed E-state index contributed by atoms with van der Waals surface area (Å²) in [4.78, 5) is 28.6. The molecule has 0 radical (unpaired) electrons. The molecule has 3 amide bonds. The van der Waals surface area contributed by atoms with Crippen LogP contribution in [0.3, 0.4) is 0 Å². The number of hydrogen-bond acceptors (Lipinski definition) is 3. The molecule has 1 fully saturated rings. The number of rotatable bonds is 6. The maximum absolute atomic E-state index is 11.5. The summed E-state index contributed by atoms with van der Waals surface area (Å²) in [5.41, 5.74) is 1.04. The van der Waals surface area contributed by atoms with Crippen molar-refractivity contribution >= 4 is 53.5 Å². The molecule has 0 saturated carbocycles. The van der Waals surface area contributed by atoms with Crippen LogP contribution in [0.2, 0.25) is 5.02 Å². The Labute approximate surface area is 163 Å². The number of aliphatic imine (C=N–C) groups is 1. The molecule has 0 atom stereocenters. The molecule has 1 aromatic carbocycles. The van der Waals surface area contributed by atoms with Crippen LogP contribution in [0.1, 0.15) is 12.5 Å². The van der Waals surface area contributed by atoms with Crippen molar-refractivity contribution in [3.63, 3.8) is 0 Å². The molecule has 0 bridgehead atoms. The normalized spacial score (nSPS) is 14.2. The van der Waals surface area contributed by atoms with Crippen molar-refractivity contribution in [3.8, 4) is 0 Å².